The Kier molecular flexibility index (Phi) is 6.46. The Morgan fingerprint density at radius 2 is 1.83 bits per heavy atom. The molecule has 0 aromatic heterocycles. The molecular weight excluding hydrogens is 310 g/mol. The first-order valence-corrected chi connectivity index (χ1v) is 8.36. The second-order valence-corrected chi connectivity index (χ2v) is 6.43. The van der Waals surface area contributed by atoms with Crippen molar-refractivity contribution in [1.29, 1.82) is 0 Å². The van der Waals surface area contributed by atoms with Crippen molar-refractivity contribution in [2.75, 3.05) is 6.54 Å². The lowest BCUT2D eigenvalue weighted by molar-refractivity contribution is -0.489. The number of carbonyl (C=O) groups is 2. The molecule has 6 heteroatoms. The van der Waals surface area contributed by atoms with Gasteiger partial charge >= 0.3 is 5.97 Å². The summed E-state index contributed by atoms with van der Waals surface area (Å²) in [5.74, 6) is -1.67. The molecule has 1 aromatic rings. The Morgan fingerprint density at radius 3 is 2.38 bits per heavy atom. The average Bonchev–Trinajstić information content (AvgIpc) is 2.85. The van der Waals surface area contributed by atoms with Crippen molar-refractivity contribution >= 4 is 12.3 Å². The van der Waals surface area contributed by atoms with Crippen molar-refractivity contribution < 1.29 is 19.2 Å². The Morgan fingerprint density at radius 1 is 1.21 bits per heavy atom. The molecule has 1 aromatic carbocycles. The van der Waals surface area contributed by atoms with Gasteiger partial charge in [-0.05, 0) is 18.4 Å². The fourth-order valence-corrected chi connectivity index (χ4v) is 3.40. The van der Waals surface area contributed by atoms with E-state index in [1.165, 1.54) is 0 Å². The fourth-order valence-electron chi connectivity index (χ4n) is 3.40. The molecule has 0 N–H and O–H groups in total. The van der Waals surface area contributed by atoms with Gasteiger partial charge in [0.1, 0.15) is 18.8 Å². The zero-order valence-corrected chi connectivity index (χ0v) is 13.7. The van der Waals surface area contributed by atoms with Gasteiger partial charge in [0.15, 0.2) is 0 Å². The number of rotatable bonds is 7. The van der Waals surface area contributed by atoms with E-state index in [9.17, 15) is 19.7 Å². The van der Waals surface area contributed by atoms with Gasteiger partial charge in [-0.25, -0.2) is 0 Å². The molecule has 0 saturated heterocycles. The van der Waals surface area contributed by atoms with E-state index < -0.39 is 28.8 Å². The molecular formula is C18H23NO5. The second-order valence-electron chi connectivity index (χ2n) is 6.43. The van der Waals surface area contributed by atoms with Gasteiger partial charge in [0.05, 0.1) is 0 Å². The monoisotopic (exact) mass is 333 g/mol. The van der Waals surface area contributed by atoms with Crippen LogP contribution in [0.4, 0.5) is 0 Å². The first-order valence-electron chi connectivity index (χ1n) is 8.36. The molecule has 0 heterocycles. The lowest BCUT2D eigenvalue weighted by Gasteiger charge is -2.31. The average molecular weight is 333 g/mol. The predicted octanol–water partition coefficient (Wildman–Crippen LogP) is 3.16. The molecule has 0 spiro atoms. The summed E-state index contributed by atoms with van der Waals surface area (Å²) in [6.45, 7) is -0.505. The highest BCUT2D eigenvalue weighted by Gasteiger charge is 2.47. The van der Waals surface area contributed by atoms with Crippen molar-refractivity contribution in [2.24, 2.45) is 11.3 Å². The van der Waals surface area contributed by atoms with E-state index >= 15 is 0 Å². The van der Waals surface area contributed by atoms with Crippen LogP contribution in [0.25, 0.3) is 0 Å². The van der Waals surface area contributed by atoms with Crippen LogP contribution in [0, 0.1) is 21.4 Å². The number of hydrogen-bond acceptors (Lipinski definition) is 5. The molecule has 1 aliphatic rings. The van der Waals surface area contributed by atoms with Crippen molar-refractivity contribution in [3.8, 4) is 0 Å². The predicted molar refractivity (Wildman–Crippen MR) is 87.8 cm³/mol. The largest absolute Gasteiger partial charge is 0.460 e. The molecule has 0 unspecified atom stereocenters. The van der Waals surface area contributed by atoms with E-state index in [1.54, 1.807) is 0 Å². The van der Waals surface area contributed by atoms with Crippen LogP contribution in [0.1, 0.15) is 44.1 Å². The van der Waals surface area contributed by atoms with Gasteiger partial charge in [-0.1, -0.05) is 56.0 Å². The molecule has 0 aliphatic heterocycles. The number of nitrogens with zero attached hydrogens (tertiary/aromatic N) is 1. The number of benzene rings is 1. The summed E-state index contributed by atoms with van der Waals surface area (Å²) >= 11 is 0. The van der Waals surface area contributed by atoms with Crippen molar-refractivity contribution in [3.05, 3.63) is 46.0 Å². The van der Waals surface area contributed by atoms with E-state index in [0.717, 1.165) is 37.5 Å². The van der Waals surface area contributed by atoms with Crippen LogP contribution in [0.5, 0.6) is 0 Å². The topological polar surface area (TPSA) is 86.5 Å². The number of carbonyl (C=O) groups excluding carboxylic acids is 2. The van der Waals surface area contributed by atoms with Crippen molar-refractivity contribution in [2.45, 2.75) is 45.1 Å². The van der Waals surface area contributed by atoms with Crippen molar-refractivity contribution in [1.82, 2.24) is 0 Å². The number of esters is 1. The van der Waals surface area contributed by atoms with Gasteiger partial charge in [0.2, 0.25) is 6.54 Å². The minimum Gasteiger partial charge on any atom is -0.460 e. The highest BCUT2D eigenvalue weighted by molar-refractivity contribution is 5.79. The molecule has 1 atom stereocenters. The molecule has 1 aliphatic carbocycles. The quantitative estimate of drug-likeness (QED) is 0.251. The molecule has 24 heavy (non-hydrogen) atoms. The molecule has 0 bridgehead atoms. The normalized spacial score (nSPS) is 18.2. The van der Waals surface area contributed by atoms with Gasteiger partial charge < -0.3 is 9.53 Å². The maximum absolute atomic E-state index is 12.5. The summed E-state index contributed by atoms with van der Waals surface area (Å²) in [5, 5.41) is 11.1. The van der Waals surface area contributed by atoms with Crippen LogP contribution in [-0.2, 0) is 20.9 Å². The Bertz CT molecular complexity index is 564. The van der Waals surface area contributed by atoms with Crippen LogP contribution >= 0.6 is 0 Å². The summed E-state index contributed by atoms with van der Waals surface area (Å²) in [5.41, 5.74) is -0.163. The van der Waals surface area contributed by atoms with E-state index in [0.29, 0.717) is 12.8 Å². The minimum atomic E-state index is -1.02. The molecule has 2 rings (SSSR count). The molecule has 1 fully saturated rings. The summed E-state index contributed by atoms with van der Waals surface area (Å²) in [7, 11) is 0. The second kappa shape index (κ2) is 8.57. The summed E-state index contributed by atoms with van der Waals surface area (Å²) in [6, 6.07) is 9.15. The zero-order chi connectivity index (χ0) is 17.4. The zero-order valence-electron chi connectivity index (χ0n) is 13.7. The SMILES string of the molecule is O=CC1([C@H](C[N+](=O)[O-])C(=O)OCc2ccccc2)CCCCCC1. The summed E-state index contributed by atoms with van der Waals surface area (Å²) in [6.07, 6.45) is 5.36. The van der Waals surface area contributed by atoms with Crippen LogP contribution in [0.15, 0.2) is 30.3 Å². The Labute approximate surface area is 141 Å². The van der Waals surface area contributed by atoms with Gasteiger partial charge in [-0.3, -0.25) is 14.9 Å². The van der Waals surface area contributed by atoms with Gasteiger partial charge in [0.25, 0.3) is 0 Å². The van der Waals surface area contributed by atoms with Gasteiger partial charge in [-0.2, -0.15) is 0 Å². The lowest BCUT2D eigenvalue weighted by atomic mass is 9.71. The molecule has 1 saturated carbocycles. The third kappa shape index (κ3) is 4.63. The third-order valence-corrected chi connectivity index (χ3v) is 4.80. The van der Waals surface area contributed by atoms with E-state index in [1.807, 2.05) is 30.3 Å². The Balaban J connectivity index is 2.14. The smallest absolute Gasteiger partial charge is 0.316 e. The first-order chi connectivity index (χ1) is 11.6. The maximum atomic E-state index is 12.5. The highest BCUT2D eigenvalue weighted by atomic mass is 16.6. The lowest BCUT2D eigenvalue weighted by Crippen LogP contribution is -2.42. The van der Waals surface area contributed by atoms with Crippen LogP contribution in [-0.4, -0.2) is 23.7 Å². The van der Waals surface area contributed by atoms with E-state index in [2.05, 4.69) is 0 Å². The van der Waals surface area contributed by atoms with Crippen LogP contribution in [0.3, 0.4) is 0 Å². The summed E-state index contributed by atoms with van der Waals surface area (Å²) < 4.78 is 5.31. The standard InChI is InChI=1S/C18H23NO5/c20-14-18(10-6-1-2-7-11-18)16(12-19(22)23)17(21)24-13-15-8-4-3-5-9-15/h3-5,8-9,14,16H,1-2,6-7,10-13H2/t16-/m1/s1. The Hall–Kier alpha value is -2.24. The first kappa shape index (κ1) is 18.1. The van der Waals surface area contributed by atoms with Crippen LogP contribution in [0.2, 0.25) is 0 Å². The molecule has 6 nitrogen and oxygen atoms in total. The number of ether oxygens (including phenoxy) is 1. The molecule has 0 amide bonds. The summed E-state index contributed by atoms with van der Waals surface area (Å²) in [4.78, 5) is 34.9. The van der Waals surface area contributed by atoms with Gasteiger partial charge in [-0.15, -0.1) is 0 Å². The van der Waals surface area contributed by atoms with Crippen LogP contribution < -0.4 is 0 Å². The van der Waals surface area contributed by atoms with E-state index in [-0.39, 0.29) is 6.61 Å². The fraction of sp³-hybridized carbons (Fsp3) is 0.556. The minimum absolute atomic E-state index is 0.0584. The van der Waals surface area contributed by atoms with Crippen molar-refractivity contribution in [3.63, 3.8) is 0 Å². The number of hydrogen-bond donors (Lipinski definition) is 0. The maximum Gasteiger partial charge on any atom is 0.316 e. The van der Waals surface area contributed by atoms with Gasteiger partial charge in [0, 0.05) is 10.3 Å². The van der Waals surface area contributed by atoms with E-state index in [4.69, 9.17) is 4.74 Å². The highest BCUT2D eigenvalue weighted by Crippen LogP contribution is 2.40. The number of nitro groups is 1. The molecule has 130 valence electrons. The molecule has 0 radical (unpaired) electrons. The third-order valence-electron chi connectivity index (χ3n) is 4.80. The number of aldehydes is 1.